The standard InChI is InChI=1S/C21H16BrCl2N5O2/c22-15-3-7-17(8-4-15)31-13-28-10-9-19(26-28)21(30)25-20-18(24)12-29(27-20)11-14-1-5-16(23)6-2-14/h1-10,12H,11,13H2,(H,25,27,30). The fourth-order valence-electron chi connectivity index (χ4n) is 2.74. The zero-order valence-electron chi connectivity index (χ0n) is 16.0. The number of rotatable bonds is 7. The van der Waals surface area contributed by atoms with Gasteiger partial charge in [0.1, 0.15) is 10.8 Å². The summed E-state index contributed by atoms with van der Waals surface area (Å²) in [7, 11) is 0. The summed E-state index contributed by atoms with van der Waals surface area (Å²) in [5.41, 5.74) is 1.23. The highest BCUT2D eigenvalue weighted by atomic mass is 79.9. The van der Waals surface area contributed by atoms with Crippen LogP contribution >= 0.6 is 39.1 Å². The Hall–Kier alpha value is -2.81. The summed E-state index contributed by atoms with van der Waals surface area (Å²) in [5.74, 6) is 0.546. The van der Waals surface area contributed by atoms with Crippen molar-refractivity contribution in [3.63, 3.8) is 0 Å². The third-order valence-electron chi connectivity index (χ3n) is 4.26. The third kappa shape index (κ3) is 5.66. The van der Waals surface area contributed by atoms with Gasteiger partial charge in [0.25, 0.3) is 5.91 Å². The maximum atomic E-state index is 12.5. The number of amides is 1. The molecule has 0 saturated carbocycles. The zero-order chi connectivity index (χ0) is 21.8. The SMILES string of the molecule is O=C(Nc1nn(Cc2ccc(Cl)cc2)cc1Cl)c1ccn(COc2ccc(Br)cc2)n1. The van der Waals surface area contributed by atoms with Gasteiger partial charge in [-0.15, -0.1) is 0 Å². The molecular formula is C21H16BrCl2N5O2. The highest BCUT2D eigenvalue weighted by Crippen LogP contribution is 2.21. The van der Waals surface area contributed by atoms with Crippen LogP contribution < -0.4 is 10.1 Å². The summed E-state index contributed by atoms with van der Waals surface area (Å²) in [6, 6.07) is 16.5. The number of halogens is 3. The average Bonchev–Trinajstić information content (AvgIpc) is 3.36. The topological polar surface area (TPSA) is 74.0 Å². The molecule has 2 aromatic carbocycles. The number of nitrogens with zero attached hydrogens (tertiary/aromatic N) is 4. The molecule has 0 aliphatic heterocycles. The normalized spacial score (nSPS) is 10.8. The first-order valence-corrected chi connectivity index (χ1v) is 10.7. The van der Waals surface area contributed by atoms with Crippen LogP contribution in [0.3, 0.4) is 0 Å². The molecule has 0 spiro atoms. The van der Waals surface area contributed by atoms with E-state index in [0.29, 0.717) is 22.3 Å². The number of ether oxygens (including phenoxy) is 1. The molecule has 0 saturated heterocycles. The first-order valence-electron chi connectivity index (χ1n) is 9.17. The van der Waals surface area contributed by atoms with Crippen LogP contribution in [0.25, 0.3) is 0 Å². The Morgan fingerprint density at radius 1 is 1.00 bits per heavy atom. The lowest BCUT2D eigenvalue weighted by Crippen LogP contribution is -2.15. The van der Waals surface area contributed by atoms with E-state index in [1.54, 1.807) is 23.1 Å². The minimum absolute atomic E-state index is 0.172. The van der Waals surface area contributed by atoms with Crippen LogP contribution in [0.1, 0.15) is 16.1 Å². The summed E-state index contributed by atoms with van der Waals surface area (Å²) in [4.78, 5) is 12.5. The van der Waals surface area contributed by atoms with Crippen LogP contribution in [0.2, 0.25) is 10.0 Å². The van der Waals surface area contributed by atoms with E-state index in [0.717, 1.165) is 10.0 Å². The molecule has 0 unspecified atom stereocenters. The van der Waals surface area contributed by atoms with Gasteiger partial charge in [0.2, 0.25) is 0 Å². The maximum Gasteiger partial charge on any atom is 0.277 e. The number of carbonyl (C=O) groups is 1. The number of anilines is 1. The Morgan fingerprint density at radius 2 is 1.74 bits per heavy atom. The minimum Gasteiger partial charge on any atom is -0.471 e. The highest BCUT2D eigenvalue weighted by molar-refractivity contribution is 9.10. The molecule has 0 atom stereocenters. The lowest BCUT2D eigenvalue weighted by Gasteiger charge is -2.06. The number of benzene rings is 2. The van der Waals surface area contributed by atoms with E-state index in [9.17, 15) is 4.79 Å². The van der Waals surface area contributed by atoms with Gasteiger partial charge in [-0.25, -0.2) is 4.68 Å². The first kappa shape index (κ1) is 21.4. The summed E-state index contributed by atoms with van der Waals surface area (Å²) in [6.07, 6.45) is 3.31. The van der Waals surface area contributed by atoms with Gasteiger partial charge in [0, 0.05) is 21.9 Å². The van der Waals surface area contributed by atoms with Crippen molar-refractivity contribution in [1.82, 2.24) is 19.6 Å². The minimum atomic E-state index is -0.416. The van der Waals surface area contributed by atoms with Crippen LogP contribution in [0.4, 0.5) is 5.82 Å². The Labute approximate surface area is 196 Å². The van der Waals surface area contributed by atoms with Gasteiger partial charge in [0.05, 0.1) is 6.54 Å². The molecule has 0 aliphatic carbocycles. The van der Waals surface area contributed by atoms with Crippen molar-refractivity contribution in [2.24, 2.45) is 0 Å². The Bertz CT molecular complexity index is 1190. The predicted molar refractivity (Wildman–Crippen MR) is 123 cm³/mol. The fourth-order valence-corrected chi connectivity index (χ4v) is 3.33. The molecule has 2 heterocycles. The molecule has 10 heteroatoms. The number of nitrogens with one attached hydrogen (secondary N) is 1. The molecule has 1 amide bonds. The number of hydrogen-bond acceptors (Lipinski definition) is 4. The predicted octanol–water partition coefficient (Wildman–Crippen LogP) is 5.49. The third-order valence-corrected chi connectivity index (χ3v) is 5.31. The van der Waals surface area contributed by atoms with Gasteiger partial charge < -0.3 is 10.1 Å². The van der Waals surface area contributed by atoms with Crippen molar-refractivity contribution in [2.45, 2.75) is 13.3 Å². The van der Waals surface area contributed by atoms with E-state index in [1.165, 1.54) is 4.68 Å². The molecule has 0 fully saturated rings. The number of carbonyl (C=O) groups excluding carboxylic acids is 1. The van der Waals surface area contributed by atoms with E-state index in [1.807, 2.05) is 48.5 Å². The molecule has 0 aliphatic rings. The van der Waals surface area contributed by atoms with Gasteiger partial charge in [-0.3, -0.25) is 9.48 Å². The van der Waals surface area contributed by atoms with Crippen molar-refractivity contribution in [2.75, 3.05) is 5.32 Å². The van der Waals surface area contributed by atoms with E-state index in [-0.39, 0.29) is 18.2 Å². The molecule has 0 bridgehead atoms. The summed E-state index contributed by atoms with van der Waals surface area (Å²) < 4.78 is 9.78. The largest absolute Gasteiger partial charge is 0.471 e. The number of aromatic nitrogens is 4. The molecule has 2 aromatic heterocycles. The van der Waals surface area contributed by atoms with Crippen LogP contribution in [-0.4, -0.2) is 25.5 Å². The van der Waals surface area contributed by atoms with Gasteiger partial charge in [-0.1, -0.05) is 51.3 Å². The summed E-state index contributed by atoms with van der Waals surface area (Å²) in [5, 5.41) is 12.3. The maximum absolute atomic E-state index is 12.5. The lowest BCUT2D eigenvalue weighted by atomic mass is 10.2. The quantitative estimate of drug-likeness (QED) is 0.350. The molecular weight excluding hydrogens is 505 g/mol. The Morgan fingerprint density at radius 3 is 2.48 bits per heavy atom. The average molecular weight is 521 g/mol. The monoisotopic (exact) mass is 519 g/mol. The molecule has 4 rings (SSSR count). The van der Waals surface area contributed by atoms with Gasteiger partial charge in [-0.2, -0.15) is 10.2 Å². The van der Waals surface area contributed by atoms with E-state index < -0.39 is 5.91 Å². The second-order valence-electron chi connectivity index (χ2n) is 6.57. The fraction of sp³-hybridized carbons (Fsp3) is 0.0952. The van der Waals surface area contributed by atoms with Crippen LogP contribution in [0.5, 0.6) is 5.75 Å². The molecule has 0 radical (unpaired) electrons. The molecule has 7 nitrogen and oxygen atoms in total. The molecule has 31 heavy (non-hydrogen) atoms. The lowest BCUT2D eigenvalue weighted by molar-refractivity contribution is 0.101. The Kier molecular flexibility index (Phi) is 6.60. The smallest absolute Gasteiger partial charge is 0.277 e. The van der Waals surface area contributed by atoms with Crippen molar-refractivity contribution < 1.29 is 9.53 Å². The van der Waals surface area contributed by atoms with Crippen LogP contribution in [-0.2, 0) is 13.3 Å². The van der Waals surface area contributed by atoms with Gasteiger partial charge >= 0.3 is 0 Å². The van der Waals surface area contributed by atoms with Crippen molar-refractivity contribution >= 4 is 50.9 Å². The number of hydrogen-bond donors (Lipinski definition) is 1. The van der Waals surface area contributed by atoms with Gasteiger partial charge in [-0.05, 0) is 48.0 Å². The first-order chi connectivity index (χ1) is 15.0. The molecule has 1 N–H and O–H groups in total. The van der Waals surface area contributed by atoms with E-state index in [4.69, 9.17) is 27.9 Å². The second-order valence-corrected chi connectivity index (χ2v) is 8.33. The van der Waals surface area contributed by atoms with Crippen molar-refractivity contribution in [1.29, 1.82) is 0 Å². The zero-order valence-corrected chi connectivity index (χ0v) is 19.1. The molecule has 4 aromatic rings. The molecule has 158 valence electrons. The highest BCUT2D eigenvalue weighted by Gasteiger charge is 2.15. The summed E-state index contributed by atoms with van der Waals surface area (Å²) >= 11 is 15.5. The second kappa shape index (κ2) is 9.55. The van der Waals surface area contributed by atoms with Crippen LogP contribution in [0.15, 0.2) is 71.5 Å². The van der Waals surface area contributed by atoms with E-state index >= 15 is 0 Å². The van der Waals surface area contributed by atoms with E-state index in [2.05, 4.69) is 31.4 Å². The Balaban J connectivity index is 1.36. The summed E-state index contributed by atoms with van der Waals surface area (Å²) in [6.45, 7) is 0.667. The van der Waals surface area contributed by atoms with Gasteiger partial charge in [0.15, 0.2) is 18.2 Å². The van der Waals surface area contributed by atoms with Crippen molar-refractivity contribution in [3.8, 4) is 5.75 Å². The van der Waals surface area contributed by atoms with Crippen LogP contribution in [0, 0.1) is 0 Å². The van der Waals surface area contributed by atoms with Crippen molar-refractivity contribution in [3.05, 3.63) is 92.8 Å².